The maximum absolute atomic E-state index is 7.77. The highest BCUT2D eigenvalue weighted by molar-refractivity contribution is 6.14. The van der Waals surface area contributed by atoms with Gasteiger partial charge in [0.05, 0.1) is 40.9 Å². The van der Waals surface area contributed by atoms with Crippen molar-refractivity contribution in [1.82, 2.24) is 9.13 Å². The molecule has 2 heterocycles. The molecule has 0 spiro atoms. The Balaban J connectivity index is 1.58. The lowest BCUT2D eigenvalue weighted by molar-refractivity contribution is 1.16. The Bertz CT molecular complexity index is 2380. The van der Waals surface area contributed by atoms with Crippen LogP contribution in [0.1, 0.15) is 0 Å². The molecule has 0 aliphatic heterocycles. The van der Waals surface area contributed by atoms with Crippen molar-refractivity contribution >= 4 is 55.0 Å². The highest BCUT2D eigenvalue weighted by Gasteiger charge is 2.20. The fourth-order valence-electron chi connectivity index (χ4n) is 6.33. The molecule has 8 rings (SSSR count). The van der Waals surface area contributed by atoms with Crippen molar-refractivity contribution in [2.75, 3.05) is 0 Å². The summed E-state index contributed by atoms with van der Waals surface area (Å²) in [5, 5.41) is 4.67. The Hall–Kier alpha value is -6.10. The van der Waals surface area contributed by atoms with E-state index in [0.717, 1.165) is 55.3 Å². The Morgan fingerprint density at radius 3 is 1.60 bits per heavy atom. The van der Waals surface area contributed by atoms with E-state index in [9.17, 15) is 0 Å². The van der Waals surface area contributed by atoms with Gasteiger partial charge < -0.3 is 9.13 Å². The largest absolute Gasteiger partial charge is 0.309 e. The number of nitrogens with zero attached hydrogens (tertiary/aromatic N) is 4. The van der Waals surface area contributed by atoms with E-state index in [1.807, 2.05) is 18.2 Å². The third-order valence-corrected chi connectivity index (χ3v) is 8.15. The van der Waals surface area contributed by atoms with Gasteiger partial charge in [-0.2, -0.15) is 0 Å². The van der Waals surface area contributed by atoms with Gasteiger partial charge in [0.1, 0.15) is 0 Å². The van der Waals surface area contributed by atoms with Crippen molar-refractivity contribution in [3.8, 4) is 22.5 Å². The summed E-state index contributed by atoms with van der Waals surface area (Å²) >= 11 is 0. The summed E-state index contributed by atoms with van der Waals surface area (Å²) in [6, 6.07) is 46.2. The molecule has 194 valence electrons. The number of hydrogen-bond acceptors (Lipinski definition) is 0. The van der Waals surface area contributed by atoms with Crippen molar-refractivity contribution < 1.29 is 0 Å². The zero-order valence-electron chi connectivity index (χ0n) is 22.5. The van der Waals surface area contributed by atoms with E-state index in [1.165, 1.54) is 10.8 Å². The molecule has 0 fully saturated rings. The van der Waals surface area contributed by atoms with Crippen LogP contribution in [0, 0.1) is 13.1 Å². The normalized spacial score (nSPS) is 11.3. The van der Waals surface area contributed by atoms with Gasteiger partial charge in [0, 0.05) is 32.8 Å². The summed E-state index contributed by atoms with van der Waals surface area (Å²) < 4.78 is 4.67. The summed E-state index contributed by atoms with van der Waals surface area (Å²) in [5.74, 6) is 0. The third-order valence-electron chi connectivity index (χ3n) is 8.15. The molecular formula is C38H22N4. The van der Waals surface area contributed by atoms with E-state index < -0.39 is 0 Å². The van der Waals surface area contributed by atoms with Crippen LogP contribution in [0.15, 0.2) is 133 Å². The zero-order chi connectivity index (χ0) is 28.2. The maximum Gasteiger partial charge on any atom is 0.195 e. The molecule has 0 aliphatic rings. The number of para-hydroxylation sites is 4. The van der Waals surface area contributed by atoms with Crippen LogP contribution in [0.5, 0.6) is 0 Å². The molecule has 0 radical (unpaired) electrons. The first-order chi connectivity index (χ1) is 20.8. The molecule has 0 saturated heterocycles. The number of hydrogen-bond donors (Lipinski definition) is 0. The van der Waals surface area contributed by atoms with E-state index in [1.54, 1.807) is 6.07 Å². The minimum Gasteiger partial charge on any atom is -0.309 e. The summed E-state index contributed by atoms with van der Waals surface area (Å²) in [7, 11) is 0. The van der Waals surface area contributed by atoms with Crippen molar-refractivity contribution in [3.05, 3.63) is 156 Å². The van der Waals surface area contributed by atoms with Crippen LogP contribution < -0.4 is 0 Å². The van der Waals surface area contributed by atoms with Gasteiger partial charge in [0.15, 0.2) is 11.4 Å². The van der Waals surface area contributed by atoms with Gasteiger partial charge in [-0.25, -0.2) is 0 Å². The van der Waals surface area contributed by atoms with Crippen molar-refractivity contribution in [2.24, 2.45) is 0 Å². The molecular weight excluding hydrogens is 512 g/mol. The predicted octanol–water partition coefficient (Wildman–Crippen LogP) is 10.6. The predicted molar refractivity (Wildman–Crippen MR) is 173 cm³/mol. The maximum atomic E-state index is 7.77. The van der Waals surface area contributed by atoms with Crippen molar-refractivity contribution in [1.29, 1.82) is 0 Å². The monoisotopic (exact) mass is 534 g/mol. The molecule has 42 heavy (non-hydrogen) atoms. The SMILES string of the molecule is [C-]#[N+]c1ccc(-c2cc3c4ccccc4n(-c4ccccc4)c3cc2-n2c3ccccc3c3ccccc32)cc1[N+]#[C-]. The molecule has 8 aromatic rings. The standard InChI is InChI=1S/C38H22N4/c1-39-32-21-20-25(22-33(32)40-2)30-23-31-29-16-8-9-17-34(29)41(26-12-4-3-5-13-26)38(31)24-37(30)42-35-18-10-6-14-27(35)28-15-7-11-19-36(28)42/h3-24H. The molecule has 0 N–H and O–H groups in total. The second-order valence-corrected chi connectivity index (χ2v) is 10.4. The van der Waals surface area contributed by atoms with E-state index in [0.29, 0.717) is 11.4 Å². The van der Waals surface area contributed by atoms with Crippen LogP contribution in [0.4, 0.5) is 11.4 Å². The van der Waals surface area contributed by atoms with Crippen LogP contribution in [0.3, 0.4) is 0 Å². The first kappa shape index (κ1) is 23.8. The van der Waals surface area contributed by atoms with Crippen molar-refractivity contribution in [3.63, 3.8) is 0 Å². The van der Waals surface area contributed by atoms with Crippen molar-refractivity contribution in [2.45, 2.75) is 0 Å². The van der Waals surface area contributed by atoms with Crippen LogP contribution >= 0.6 is 0 Å². The molecule has 6 aromatic carbocycles. The highest BCUT2D eigenvalue weighted by Crippen LogP contribution is 2.43. The number of rotatable bonds is 3. The summed E-state index contributed by atoms with van der Waals surface area (Å²) in [6.07, 6.45) is 0. The Labute approximate surface area is 242 Å². The summed E-state index contributed by atoms with van der Waals surface area (Å²) in [6.45, 7) is 15.3. The Kier molecular flexibility index (Phi) is 5.22. The lowest BCUT2D eigenvalue weighted by Crippen LogP contribution is -1.99. The van der Waals surface area contributed by atoms with Gasteiger partial charge in [-0.1, -0.05) is 91.0 Å². The lowest BCUT2D eigenvalue weighted by Gasteiger charge is -2.17. The van der Waals surface area contributed by atoms with E-state index in [2.05, 4.69) is 128 Å². The van der Waals surface area contributed by atoms with Gasteiger partial charge >= 0.3 is 0 Å². The second-order valence-electron chi connectivity index (χ2n) is 10.4. The third kappa shape index (κ3) is 3.40. The van der Waals surface area contributed by atoms with Crippen LogP contribution in [0.25, 0.3) is 75.8 Å². The minimum atomic E-state index is 0.363. The number of benzene rings is 6. The van der Waals surface area contributed by atoms with Crippen LogP contribution in [-0.2, 0) is 0 Å². The minimum absolute atomic E-state index is 0.363. The van der Waals surface area contributed by atoms with Gasteiger partial charge in [-0.3, -0.25) is 9.69 Å². The van der Waals surface area contributed by atoms with E-state index >= 15 is 0 Å². The molecule has 0 bridgehead atoms. The second kappa shape index (κ2) is 9.24. The highest BCUT2D eigenvalue weighted by atomic mass is 15.0. The lowest BCUT2D eigenvalue weighted by atomic mass is 9.99. The first-order valence-corrected chi connectivity index (χ1v) is 13.8. The average Bonchev–Trinajstić information content (AvgIpc) is 3.56. The number of aromatic nitrogens is 2. The quantitative estimate of drug-likeness (QED) is 0.201. The molecule has 0 aliphatic carbocycles. The summed E-state index contributed by atoms with van der Waals surface area (Å²) in [5.41, 5.74) is 9.23. The van der Waals surface area contributed by atoms with Crippen LogP contribution in [0.2, 0.25) is 0 Å². The topological polar surface area (TPSA) is 18.6 Å². The molecule has 0 unspecified atom stereocenters. The molecule has 0 amide bonds. The zero-order valence-corrected chi connectivity index (χ0v) is 22.5. The molecule has 0 saturated carbocycles. The summed E-state index contributed by atoms with van der Waals surface area (Å²) in [4.78, 5) is 7.29. The van der Waals surface area contributed by atoms with Gasteiger partial charge in [0.2, 0.25) is 0 Å². The van der Waals surface area contributed by atoms with Crippen LogP contribution in [-0.4, -0.2) is 9.13 Å². The number of fused-ring (bicyclic) bond motifs is 6. The smallest absolute Gasteiger partial charge is 0.195 e. The molecule has 4 heteroatoms. The Morgan fingerprint density at radius 2 is 0.976 bits per heavy atom. The first-order valence-electron chi connectivity index (χ1n) is 13.8. The molecule has 4 nitrogen and oxygen atoms in total. The van der Waals surface area contributed by atoms with Gasteiger partial charge in [-0.05, 0) is 48.0 Å². The Morgan fingerprint density at radius 1 is 0.429 bits per heavy atom. The molecule has 0 atom stereocenters. The fraction of sp³-hybridized carbons (Fsp3) is 0. The fourth-order valence-corrected chi connectivity index (χ4v) is 6.33. The molecule has 2 aromatic heterocycles. The van der Waals surface area contributed by atoms with Gasteiger partial charge in [-0.15, -0.1) is 0 Å². The average molecular weight is 535 g/mol. The van der Waals surface area contributed by atoms with E-state index in [-0.39, 0.29) is 0 Å². The van der Waals surface area contributed by atoms with Gasteiger partial charge in [0.25, 0.3) is 0 Å². The van der Waals surface area contributed by atoms with E-state index in [4.69, 9.17) is 13.1 Å².